The molecule has 2 N–H and O–H groups in total. The third kappa shape index (κ3) is 7.68. The Labute approximate surface area is 349 Å². The molecule has 8 heterocycles. The monoisotopic (exact) mass is 819 g/mol. The summed E-state index contributed by atoms with van der Waals surface area (Å²) in [5.41, 5.74) is 3.50. The van der Waals surface area contributed by atoms with Gasteiger partial charge in [0.15, 0.2) is 5.82 Å². The summed E-state index contributed by atoms with van der Waals surface area (Å²) in [7, 11) is 0. The number of aromatic amines is 1. The molecule has 6 aliphatic rings. The molecule has 1 aliphatic carbocycles. The van der Waals surface area contributed by atoms with E-state index in [1.54, 1.807) is 24.7 Å². The van der Waals surface area contributed by atoms with Gasteiger partial charge in [-0.15, -0.1) is 0 Å². The summed E-state index contributed by atoms with van der Waals surface area (Å²) in [6.45, 7) is 13.4. The smallest absolute Gasteiger partial charge is 0.255 e. The van der Waals surface area contributed by atoms with Crippen LogP contribution in [0.15, 0.2) is 36.8 Å². The zero-order valence-electron chi connectivity index (χ0n) is 34.5. The first kappa shape index (κ1) is 38.9. The maximum absolute atomic E-state index is 16.0. The minimum atomic E-state index is -0.755. The van der Waals surface area contributed by atoms with E-state index in [4.69, 9.17) is 4.74 Å². The number of carbonyl (C=O) groups excluding carboxylic acids is 3. The molecule has 1 saturated carbocycles. The molecule has 1 unspecified atom stereocenters. The number of benzene rings is 1. The summed E-state index contributed by atoms with van der Waals surface area (Å²) in [5.74, 6) is 1.21. The van der Waals surface area contributed by atoms with Crippen LogP contribution in [0.3, 0.4) is 0 Å². The fraction of sp³-hybridized carbons (Fsp3) is 0.568. The lowest BCUT2D eigenvalue weighted by Crippen LogP contribution is -2.54. The number of anilines is 2. The molecule has 5 aliphatic heterocycles. The Morgan fingerprint density at radius 2 is 1.67 bits per heavy atom. The van der Waals surface area contributed by atoms with Crippen LogP contribution < -0.4 is 19.9 Å². The van der Waals surface area contributed by atoms with Crippen molar-refractivity contribution in [1.82, 2.24) is 45.2 Å². The van der Waals surface area contributed by atoms with Crippen molar-refractivity contribution in [2.45, 2.75) is 89.4 Å². The quantitative estimate of drug-likeness (QED) is 0.218. The first-order chi connectivity index (χ1) is 29.1. The standard InChI is InChI=1S/C44H54FN11O4/c1-27-22-52(23-28-9-15-54(16-10-28)37-20-33(47-26-48-37)41-31-19-39(60-44(2)11-12-44)46-21-34(31)50-51-41)17-18-55(27)24-29-7-13-53(14-8-29)35-4-3-30-32(40(35)45)25-56(43(30)59)36-5-6-38(57)49-42(36)58/h3-4,19-21,26-29,36H,5-18,22-25H2,1-2H3,(H,50,51)(H,49,57,58)/t27-,36?/m0/s1. The molecule has 5 fully saturated rings. The molecule has 1 aromatic carbocycles. The van der Waals surface area contributed by atoms with Crippen LogP contribution in [0.5, 0.6) is 5.88 Å². The van der Waals surface area contributed by atoms with Gasteiger partial charge in [-0.05, 0) is 82.8 Å². The number of nitrogens with zero attached hydrogens (tertiary/aromatic N) is 9. The van der Waals surface area contributed by atoms with Gasteiger partial charge in [0.2, 0.25) is 17.7 Å². The molecule has 0 radical (unpaired) electrons. The van der Waals surface area contributed by atoms with Crippen molar-refractivity contribution >= 4 is 40.1 Å². The zero-order valence-corrected chi connectivity index (χ0v) is 34.5. The van der Waals surface area contributed by atoms with E-state index in [-0.39, 0.29) is 42.6 Å². The van der Waals surface area contributed by atoms with Crippen molar-refractivity contribution in [2.24, 2.45) is 11.8 Å². The minimum Gasteiger partial charge on any atom is -0.471 e. The first-order valence-corrected chi connectivity index (χ1v) is 21.9. The molecule has 4 aromatic rings. The topological polar surface area (TPSA) is 156 Å². The predicted molar refractivity (Wildman–Crippen MR) is 223 cm³/mol. The zero-order chi connectivity index (χ0) is 41.1. The van der Waals surface area contributed by atoms with Crippen molar-refractivity contribution < 1.29 is 23.5 Å². The van der Waals surface area contributed by atoms with Gasteiger partial charge in [-0.2, -0.15) is 5.10 Å². The van der Waals surface area contributed by atoms with E-state index in [1.807, 2.05) is 6.07 Å². The second-order valence-corrected chi connectivity index (χ2v) is 18.2. The molecule has 60 heavy (non-hydrogen) atoms. The molecule has 3 aromatic heterocycles. The number of piperazine rings is 1. The molecular formula is C44H54FN11O4. The maximum atomic E-state index is 16.0. The van der Waals surface area contributed by atoms with Crippen molar-refractivity contribution in [3.8, 4) is 17.3 Å². The second-order valence-electron chi connectivity index (χ2n) is 18.2. The van der Waals surface area contributed by atoms with Crippen LogP contribution in [-0.2, 0) is 16.1 Å². The number of ether oxygens (including phenoxy) is 1. The van der Waals surface area contributed by atoms with Gasteiger partial charge in [0.05, 0.1) is 29.6 Å². The van der Waals surface area contributed by atoms with Gasteiger partial charge in [0, 0.05) is 100 Å². The van der Waals surface area contributed by atoms with Crippen molar-refractivity contribution in [3.05, 3.63) is 53.7 Å². The summed E-state index contributed by atoms with van der Waals surface area (Å²) in [5, 5.41) is 11.0. The van der Waals surface area contributed by atoms with E-state index in [0.29, 0.717) is 40.6 Å². The Kier molecular flexibility index (Phi) is 10.2. The number of piperidine rings is 3. The van der Waals surface area contributed by atoms with E-state index in [0.717, 1.165) is 126 Å². The number of nitrogens with one attached hydrogen (secondary N) is 2. The van der Waals surface area contributed by atoms with Crippen molar-refractivity contribution in [2.75, 3.05) is 68.7 Å². The van der Waals surface area contributed by atoms with Crippen LogP contribution in [0.4, 0.5) is 15.9 Å². The number of fused-ring (bicyclic) bond motifs is 2. The van der Waals surface area contributed by atoms with Gasteiger partial charge >= 0.3 is 0 Å². The number of H-pyrrole nitrogens is 1. The summed E-state index contributed by atoms with van der Waals surface area (Å²) in [4.78, 5) is 62.2. The number of imide groups is 1. The first-order valence-electron chi connectivity index (χ1n) is 21.9. The van der Waals surface area contributed by atoms with Gasteiger partial charge < -0.3 is 24.3 Å². The highest BCUT2D eigenvalue weighted by atomic mass is 19.1. The second kappa shape index (κ2) is 15.7. The average molecular weight is 820 g/mol. The number of carbonyl (C=O) groups is 3. The molecule has 10 rings (SSSR count). The van der Waals surface area contributed by atoms with Gasteiger partial charge in [0.1, 0.15) is 29.5 Å². The number of hydrogen-bond donors (Lipinski definition) is 2. The van der Waals surface area contributed by atoms with Crippen LogP contribution in [0, 0.1) is 17.7 Å². The molecule has 4 saturated heterocycles. The number of aromatic nitrogens is 5. The number of rotatable bonds is 10. The lowest BCUT2D eigenvalue weighted by molar-refractivity contribution is -0.136. The highest BCUT2D eigenvalue weighted by molar-refractivity contribution is 6.05. The lowest BCUT2D eigenvalue weighted by Gasteiger charge is -2.44. The molecule has 0 bridgehead atoms. The van der Waals surface area contributed by atoms with E-state index in [1.165, 1.54) is 4.90 Å². The number of pyridine rings is 1. The van der Waals surface area contributed by atoms with Gasteiger partial charge in [-0.3, -0.25) is 29.7 Å². The highest BCUT2D eigenvalue weighted by Crippen LogP contribution is 2.40. The third-order valence-electron chi connectivity index (χ3n) is 14.0. The normalized spacial score (nSPS) is 24.3. The van der Waals surface area contributed by atoms with Crippen LogP contribution in [0.1, 0.15) is 81.1 Å². The Morgan fingerprint density at radius 1 is 0.900 bits per heavy atom. The van der Waals surface area contributed by atoms with E-state index >= 15 is 4.39 Å². The van der Waals surface area contributed by atoms with Gasteiger partial charge in [-0.25, -0.2) is 19.3 Å². The Hall–Kier alpha value is -5.22. The molecule has 0 spiro atoms. The van der Waals surface area contributed by atoms with E-state index < -0.39 is 11.9 Å². The third-order valence-corrected chi connectivity index (χ3v) is 14.0. The van der Waals surface area contributed by atoms with Crippen LogP contribution in [-0.4, -0.2) is 134 Å². The highest BCUT2D eigenvalue weighted by Gasteiger charge is 2.42. The lowest BCUT2D eigenvalue weighted by atomic mass is 9.93. The predicted octanol–water partition coefficient (Wildman–Crippen LogP) is 4.39. The van der Waals surface area contributed by atoms with Gasteiger partial charge in [0.25, 0.3) is 5.91 Å². The summed E-state index contributed by atoms with van der Waals surface area (Å²) < 4.78 is 22.1. The van der Waals surface area contributed by atoms with Crippen molar-refractivity contribution in [1.29, 1.82) is 0 Å². The van der Waals surface area contributed by atoms with Crippen molar-refractivity contribution in [3.63, 3.8) is 0 Å². The van der Waals surface area contributed by atoms with Crippen LogP contribution in [0.25, 0.3) is 22.3 Å². The maximum Gasteiger partial charge on any atom is 0.255 e. The van der Waals surface area contributed by atoms with E-state index in [9.17, 15) is 14.4 Å². The molecule has 3 amide bonds. The Morgan fingerprint density at radius 3 is 2.42 bits per heavy atom. The number of amides is 3. The van der Waals surface area contributed by atoms with E-state index in [2.05, 4.69) is 70.0 Å². The largest absolute Gasteiger partial charge is 0.471 e. The Balaban J connectivity index is 0.680. The van der Waals surface area contributed by atoms with Gasteiger partial charge in [-0.1, -0.05) is 0 Å². The molecule has 16 heteroatoms. The average Bonchev–Trinajstić information content (AvgIpc) is 3.66. The molecule has 15 nitrogen and oxygen atoms in total. The molecule has 2 atom stereocenters. The SMILES string of the molecule is C[C@H]1CN(CC2CCN(c3cc(-c4n[nH]c5cnc(OC6(C)CC6)cc45)ncn3)CC2)CCN1CC1CCN(c2ccc3c(c2F)CN(C2CCC(=O)NC2=O)C3=O)CC1. The summed E-state index contributed by atoms with van der Waals surface area (Å²) in [6.07, 6.45) is 10.2. The fourth-order valence-electron chi connectivity index (χ4n) is 10.1. The number of halogens is 1. The Bertz CT molecular complexity index is 2300. The van der Waals surface area contributed by atoms with Crippen LogP contribution in [0.2, 0.25) is 0 Å². The molecular weight excluding hydrogens is 766 g/mol. The summed E-state index contributed by atoms with van der Waals surface area (Å²) in [6, 6.07) is 7.16. The minimum absolute atomic E-state index is 0.0461. The number of hydrogen-bond acceptors (Lipinski definition) is 12. The summed E-state index contributed by atoms with van der Waals surface area (Å²) >= 11 is 0. The molecule has 316 valence electrons. The fourth-order valence-corrected chi connectivity index (χ4v) is 10.1. The van der Waals surface area contributed by atoms with Crippen LogP contribution >= 0.6 is 0 Å².